The van der Waals surface area contributed by atoms with Crippen molar-refractivity contribution in [2.24, 2.45) is 0 Å². The molecule has 0 bridgehead atoms. The van der Waals surface area contributed by atoms with Gasteiger partial charge in [-0.1, -0.05) is 13.3 Å². The van der Waals surface area contributed by atoms with Gasteiger partial charge in [0.05, 0.1) is 0 Å². The fourth-order valence-corrected chi connectivity index (χ4v) is 3.48. The topological polar surface area (TPSA) is 77.9 Å². The van der Waals surface area contributed by atoms with Crippen LogP contribution < -0.4 is 0 Å². The van der Waals surface area contributed by atoms with Crippen LogP contribution in [-0.4, -0.2) is 60.3 Å². The Hall–Kier alpha value is -0.660. The molecule has 0 aliphatic carbocycles. The number of hydrogen-bond donors (Lipinski definition) is 1. The lowest BCUT2D eigenvalue weighted by Gasteiger charge is -2.35. The molecular weight excluding hydrogens is 244 g/mol. The molecule has 6 nitrogen and oxygen atoms in total. The molecule has 0 amide bonds. The third-order valence-electron chi connectivity index (χ3n) is 3.03. The zero-order valence-electron chi connectivity index (χ0n) is 10.3. The third kappa shape index (κ3) is 3.65. The molecule has 1 heterocycles. The number of hydrogen-bond acceptors (Lipinski definition) is 4. The largest absolute Gasteiger partial charge is 0.480 e. The van der Waals surface area contributed by atoms with Gasteiger partial charge in [-0.2, -0.15) is 4.31 Å². The van der Waals surface area contributed by atoms with E-state index in [1.165, 1.54) is 16.1 Å². The van der Waals surface area contributed by atoms with Crippen LogP contribution in [0.4, 0.5) is 0 Å². The van der Waals surface area contributed by atoms with Crippen LogP contribution in [-0.2, 0) is 14.8 Å². The highest BCUT2D eigenvalue weighted by molar-refractivity contribution is 7.89. The molecule has 1 N–H and O–H groups in total. The van der Waals surface area contributed by atoms with Gasteiger partial charge in [-0.05, 0) is 13.3 Å². The first-order chi connectivity index (χ1) is 7.88. The minimum Gasteiger partial charge on any atom is -0.480 e. The van der Waals surface area contributed by atoms with E-state index in [0.717, 1.165) is 12.8 Å². The van der Waals surface area contributed by atoms with Crippen LogP contribution in [0.2, 0.25) is 0 Å². The van der Waals surface area contributed by atoms with E-state index in [-0.39, 0.29) is 5.88 Å². The second-order valence-electron chi connectivity index (χ2n) is 4.32. The highest BCUT2D eigenvalue weighted by atomic mass is 32.2. The minimum absolute atomic E-state index is 0.190. The number of unbranched alkanes of at least 4 members (excludes halogenated alkanes) is 1. The summed E-state index contributed by atoms with van der Waals surface area (Å²) in [7, 11) is -3.33. The van der Waals surface area contributed by atoms with Gasteiger partial charge in [-0.15, -0.1) is 0 Å². The average Bonchev–Trinajstić information content (AvgIpc) is 2.25. The van der Waals surface area contributed by atoms with Gasteiger partial charge in [0.25, 0.3) is 0 Å². The summed E-state index contributed by atoms with van der Waals surface area (Å²) in [5.74, 6) is -1.17. The third-order valence-corrected chi connectivity index (χ3v) is 4.84. The lowest BCUT2D eigenvalue weighted by atomic mass is 10.3. The lowest BCUT2D eigenvalue weighted by molar-refractivity contribution is -0.142. The van der Waals surface area contributed by atoms with Crippen molar-refractivity contribution in [1.82, 2.24) is 9.21 Å². The van der Waals surface area contributed by atoms with E-state index in [0.29, 0.717) is 19.6 Å². The molecule has 1 aliphatic heterocycles. The highest BCUT2D eigenvalue weighted by Gasteiger charge is 2.34. The molecule has 0 saturated carbocycles. The summed E-state index contributed by atoms with van der Waals surface area (Å²) in [5, 5.41) is 8.86. The molecule has 1 rings (SSSR count). The van der Waals surface area contributed by atoms with Crippen molar-refractivity contribution in [2.75, 3.05) is 25.5 Å². The first kappa shape index (κ1) is 14.4. The van der Waals surface area contributed by atoms with Crippen LogP contribution >= 0.6 is 0 Å². The molecule has 1 fully saturated rings. The zero-order valence-corrected chi connectivity index (χ0v) is 11.1. The fraction of sp³-hybridized carbons (Fsp3) is 0.900. The van der Waals surface area contributed by atoms with Gasteiger partial charge in [-0.3, -0.25) is 9.69 Å². The Balaban J connectivity index is 2.65. The second kappa shape index (κ2) is 5.79. The first-order valence-electron chi connectivity index (χ1n) is 5.83. The summed E-state index contributed by atoms with van der Waals surface area (Å²) in [4.78, 5) is 12.3. The van der Waals surface area contributed by atoms with E-state index in [1.807, 2.05) is 6.92 Å². The second-order valence-corrected chi connectivity index (χ2v) is 6.26. The summed E-state index contributed by atoms with van der Waals surface area (Å²) >= 11 is 0. The van der Waals surface area contributed by atoms with Crippen molar-refractivity contribution in [3.8, 4) is 0 Å². The Morgan fingerprint density at radius 1 is 1.41 bits per heavy atom. The quantitative estimate of drug-likeness (QED) is 0.765. The van der Waals surface area contributed by atoms with Crippen molar-refractivity contribution >= 4 is 16.0 Å². The normalized spacial score (nSPS) is 23.4. The molecule has 100 valence electrons. The maximum absolute atomic E-state index is 11.9. The van der Waals surface area contributed by atoms with Crippen molar-refractivity contribution < 1.29 is 18.3 Å². The molecule has 0 aromatic rings. The molecule has 0 unspecified atom stereocenters. The summed E-state index contributed by atoms with van der Waals surface area (Å²) < 4.78 is 25.3. The Morgan fingerprint density at radius 3 is 2.53 bits per heavy atom. The Morgan fingerprint density at radius 2 is 2.06 bits per heavy atom. The predicted octanol–water partition coefficient (Wildman–Crippen LogP) is 0.165. The van der Waals surface area contributed by atoms with Crippen LogP contribution in [0.25, 0.3) is 0 Å². The summed E-state index contributed by atoms with van der Waals surface area (Å²) in [6.45, 7) is 4.93. The maximum atomic E-state index is 11.9. The molecule has 0 spiro atoms. The van der Waals surface area contributed by atoms with Gasteiger partial charge in [0.1, 0.15) is 11.9 Å². The molecule has 17 heavy (non-hydrogen) atoms. The molecule has 0 radical (unpaired) electrons. The van der Waals surface area contributed by atoms with Gasteiger partial charge in [0.2, 0.25) is 10.0 Å². The molecular formula is C10H20N2O4S. The van der Waals surface area contributed by atoms with Crippen LogP contribution in [0, 0.1) is 0 Å². The van der Waals surface area contributed by atoms with Crippen molar-refractivity contribution in [2.45, 2.75) is 32.7 Å². The summed E-state index contributed by atoms with van der Waals surface area (Å²) in [6.07, 6.45) is 1.79. The number of sulfonamides is 1. The first-order valence-corrected chi connectivity index (χ1v) is 7.44. The number of aliphatic carboxylic acids is 1. The lowest BCUT2D eigenvalue weighted by Crippen LogP contribution is -2.54. The minimum atomic E-state index is -3.33. The van der Waals surface area contributed by atoms with Gasteiger partial charge < -0.3 is 5.11 Å². The van der Waals surface area contributed by atoms with Crippen LogP contribution in [0.15, 0.2) is 0 Å². The van der Waals surface area contributed by atoms with Gasteiger partial charge in [0.15, 0.2) is 0 Å². The smallest absolute Gasteiger partial charge is 0.320 e. The highest BCUT2D eigenvalue weighted by Crippen LogP contribution is 2.14. The molecule has 1 atom stereocenters. The summed E-state index contributed by atoms with van der Waals surface area (Å²) in [6, 6.07) is -0.752. The van der Waals surface area contributed by atoms with Crippen molar-refractivity contribution in [3.05, 3.63) is 0 Å². The Kier molecular flexibility index (Phi) is 4.91. The number of carbonyl (C=O) groups is 1. The van der Waals surface area contributed by atoms with E-state index in [9.17, 15) is 13.2 Å². The Bertz CT molecular complexity index is 369. The van der Waals surface area contributed by atoms with E-state index >= 15 is 0 Å². The number of carboxylic acid groups (broad SMARTS) is 1. The molecule has 1 saturated heterocycles. The number of nitrogens with zero attached hydrogens (tertiary/aromatic N) is 2. The van der Waals surface area contributed by atoms with E-state index in [4.69, 9.17) is 5.11 Å². The van der Waals surface area contributed by atoms with Crippen LogP contribution in [0.1, 0.15) is 26.7 Å². The van der Waals surface area contributed by atoms with Gasteiger partial charge in [-0.25, -0.2) is 8.42 Å². The van der Waals surface area contributed by atoms with Crippen molar-refractivity contribution in [1.29, 1.82) is 0 Å². The van der Waals surface area contributed by atoms with E-state index in [1.54, 1.807) is 0 Å². The fourth-order valence-electron chi connectivity index (χ4n) is 1.78. The monoisotopic (exact) mass is 264 g/mol. The Labute approximate surface area is 102 Å². The predicted molar refractivity (Wildman–Crippen MR) is 64.1 cm³/mol. The molecule has 7 heteroatoms. The maximum Gasteiger partial charge on any atom is 0.320 e. The van der Waals surface area contributed by atoms with Gasteiger partial charge >= 0.3 is 5.97 Å². The molecule has 1 aliphatic rings. The molecule has 0 aromatic heterocycles. The number of carboxylic acids is 1. The van der Waals surface area contributed by atoms with Crippen LogP contribution in [0.3, 0.4) is 0 Å². The average molecular weight is 264 g/mol. The van der Waals surface area contributed by atoms with E-state index in [2.05, 4.69) is 0 Å². The summed E-state index contributed by atoms with van der Waals surface area (Å²) in [5.41, 5.74) is 0. The zero-order chi connectivity index (χ0) is 13.1. The van der Waals surface area contributed by atoms with Gasteiger partial charge in [0, 0.05) is 19.6 Å². The van der Waals surface area contributed by atoms with Crippen LogP contribution in [0.5, 0.6) is 0 Å². The molecule has 0 aromatic carbocycles. The standard InChI is InChI=1S/C10H20N2O4S/c1-3-4-5-12-7-6-11(8-17(12,15)16)9(2)10(13)14/h9H,3-8H2,1-2H3,(H,13,14)/t9-/m0/s1. The van der Waals surface area contributed by atoms with E-state index < -0.39 is 22.0 Å². The number of rotatable bonds is 5. The van der Waals surface area contributed by atoms with Crippen molar-refractivity contribution in [3.63, 3.8) is 0 Å². The SMILES string of the molecule is CCCCN1CCN([C@@H](C)C(=O)O)CS1(=O)=O.